The number of morpholine rings is 1. The topological polar surface area (TPSA) is 32.7 Å². The van der Waals surface area contributed by atoms with Crippen molar-refractivity contribution in [3.05, 3.63) is 0 Å². The summed E-state index contributed by atoms with van der Waals surface area (Å²) in [6, 6.07) is 0. The third-order valence-corrected chi connectivity index (χ3v) is 3.15. The van der Waals surface area contributed by atoms with Crippen LogP contribution in [0.15, 0.2) is 0 Å². The molecular weight excluding hydrogens is 202 g/mol. The van der Waals surface area contributed by atoms with Crippen molar-refractivity contribution in [3.63, 3.8) is 0 Å². The van der Waals surface area contributed by atoms with Gasteiger partial charge in [0.2, 0.25) is 0 Å². The second-order valence-corrected chi connectivity index (χ2v) is 4.57. The SMILES string of the molecule is C.CC(CCO)CCCCN1CCOCC1. The van der Waals surface area contributed by atoms with E-state index in [2.05, 4.69) is 11.8 Å². The van der Waals surface area contributed by atoms with Gasteiger partial charge in [-0.25, -0.2) is 0 Å². The highest BCUT2D eigenvalue weighted by Crippen LogP contribution is 2.11. The monoisotopic (exact) mass is 231 g/mol. The first-order valence-corrected chi connectivity index (χ1v) is 6.24. The summed E-state index contributed by atoms with van der Waals surface area (Å²) < 4.78 is 5.31. The molecule has 0 spiro atoms. The van der Waals surface area contributed by atoms with Crippen molar-refractivity contribution in [2.24, 2.45) is 5.92 Å². The highest BCUT2D eigenvalue weighted by Gasteiger charge is 2.09. The number of rotatable bonds is 7. The smallest absolute Gasteiger partial charge is 0.0594 e. The van der Waals surface area contributed by atoms with E-state index in [1.54, 1.807) is 0 Å². The molecule has 0 amide bonds. The first-order valence-electron chi connectivity index (χ1n) is 6.24. The molecule has 0 aliphatic carbocycles. The maximum Gasteiger partial charge on any atom is 0.0594 e. The van der Waals surface area contributed by atoms with Crippen LogP contribution in [0.5, 0.6) is 0 Å². The quantitative estimate of drug-likeness (QED) is 0.681. The predicted molar refractivity (Wildman–Crippen MR) is 68.7 cm³/mol. The number of hydrogen-bond acceptors (Lipinski definition) is 3. The minimum absolute atomic E-state index is 0. The van der Waals surface area contributed by atoms with Gasteiger partial charge in [0, 0.05) is 19.7 Å². The fraction of sp³-hybridized carbons (Fsp3) is 1.00. The van der Waals surface area contributed by atoms with E-state index in [-0.39, 0.29) is 7.43 Å². The van der Waals surface area contributed by atoms with Crippen LogP contribution >= 0.6 is 0 Å². The van der Waals surface area contributed by atoms with Crippen molar-refractivity contribution in [2.75, 3.05) is 39.5 Å². The Morgan fingerprint density at radius 1 is 1.19 bits per heavy atom. The van der Waals surface area contributed by atoms with E-state index < -0.39 is 0 Å². The molecule has 98 valence electrons. The average molecular weight is 231 g/mol. The first-order chi connectivity index (χ1) is 7.33. The van der Waals surface area contributed by atoms with Crippen LogP contribution in [0.25, 0.3) is 0 Å². The molecule has 1 unspecified atom stereocenters. The molecule has 1 aliphatic rings. The molecular formula is C13H29NO2. The summed E-state index contributed by atoms with van der Waals surface area (Å²) >= 11 is 0. The van der Waals surface area contributed by atoms with Crippen molar-refractivity contribution in [1.29, 1.82) is 0 Å². The van der Waals surface area contributed by atoms with Gasteiger partial charge in [0.05, 0.1) is 13.2 Å². The van der Waals surface area contributed by atoms with Crippen LogP contribution in [-0.4, -0.2) is 49.5 Å². The van der Waals surface area contributed by atoms with Crippen molar-refractivity contribution < 1.29 is 9.84 Å². The summed E-state index contributed by atoms with van der Waals surface area (Å²) in [6.07, 6.45) is 4.79. The molecule has 1 fully saturated rings. The zero-order valence-electron chi connectivity index (χ0n) is 9.95. The van der Waals surface area contributed by atoms with Crippen molar-refractivity contribution >= 4 is 0 Å². The Balaban J connectivity index is 0.00000225. The van der Waals surface area contributed by atoms with Crippen molar-refractivity contribution in [1.82, 2.24) is 4.90 Å². The predicted octanol–water partition coefficient (Wildman–Crippen LogP) is 2.14. The Bertz CT molecular complexity index is 147. The van der Waals surface area contributed by atoms with Crippen molar-refractivity contribution in [2.45, 2.75) is 40.0 Å². The lowest BCUT2D eigenvalue weighted by atomic mass is 10.0. The Labute approximate surface area is 101 Å². The van der Waals surface area contributed by atoms with Crippen LogP contribution in [0, 0.1) is 5.92 Å². The second-order valence-electron chi connectivity index (χ2n) is 4.57. The Morgan fingerprint density at radius 2 is 1.88 bits per heavy atom. The molecule has 0 aromatic rings. The zero-order chi connectivity index (χ0) is 10.9. The van der Waals surface area contributed by atoms with Gasteiger partial charge in [-0.3, -0.25) is 4.90 Å². The highest BCUT2D eigenvalue weighted by atomic mass is 16.5. The largest absolute Gasteiger partial charge is 0.396 e. The molecule has 1 saturated heterocycles. The normalized spacial score (nSPS) is 19.1. The number of hydrogen-bond donors (Lipinski definition) is 1. The standard InChI is InChI=1S/C12H25NO2.CH4/c1-12(5-9-14)4-2-3-6-13-7-10-15-11-8-13;/h12,14H,2-11H2,1H3;1H4. The van der Waals surface area contributed by atoms with Gasteiger partial charge in [0.15, 0.2) is 0 Å². The van der Waals surface area contributed by atoms with Gasteiger partial charge >= 0.3 is 0 Å². The Kier molecular flexibility index (Phi) is 9.99. The molecule has 1 aliphatic heterocycles. The van der Waals surface area contributed by atoms with Crippen LogP contribution in [0.2, 0.25) is 0 Å². The summed E-state index contributed by atoms with van der Waals surface area (Å²) in [4.78, 5) is 2.49. The van der Waals surface area contributed by atoms with E-state index >= 15 is 0 Å². The molecule has 1 rings (SSSR count). The van der Waals surface area contributed by atoms with Crippen LogP contribution in [0.3, 0.4) is 0 Å². The third kappa shape index (κ3) is 7.20. The van der Waals surface area contributed by atoms with E-state index in [4.69, 9.17) is 9.84 Å². The lowest BCUT2D eigenvalue weighted by Gasteiger charge is -2.26. The number of aliphatic hydroxyl groups excluding tert-OH is 1. The maximum absolute atomic E-state index is 8.77. The minimum Gasteiger partial charge on any atom is -0.396 e. The number of nitrogens with zero attached hydrogens (tertiary/aromatic N) is 1. The van der Waals surface area contributed by atoms with E-state index in [1.165, 1.54) is 25.8 Å². The lowest BCUT2D eigenvalue weighted by Crippen LogP contribution is -2.36. The zero-order valence-corrected chi connectivity index (χ0v) is 9.95. The second kappa shape index (κ2) is 10.1. The molecule has 3 nitrogen and oxygen atoms in total. The number of unbranched alkanes of at least 4 members (excludes halogenated alkanes) is 1. The number of ether oxygens (including phenoxy) is 1. The van der Waals surface area contributed by atoms with Gasteiger partial charge in [-0.2, -0.15) is 0 Å². The molecule has 16 heavy (non-hydrogen) atoms. The van der Waals surface area contributed by atoms with Crippen LogP contribution in [-0.2, 0) is 4.74 Å². The van der Waals surface area contributed by atoms with E-state index in [1.807, 2.05) is 0 Å². The van der Waals surface area contributed by atoms with Gasteiger partial charge in [-0.15, -0.1) is 0 Å². The Morgan fingerprint density at radius 3 is 2.50 bits per heavy atom. The van der Waals surface area contributed by atoms with E-state index in [0.29, 0.717) is 12.5 Å². The molecule has 0 aromatic heterocycles. The molecule has 0 radical (unpaired) electrons. The maximum atomic E-state index is 8.77. The van der Waals surface area contributed by atoms with Gasteiger partial charge in [-0.1, -0.05) is 27.2 Å². The molecule has 1 heterocycles. The summed E-state index contributed by atoms with van der Waals surface area (Å²) in [5, 5.41) is 8.77. The lowest BCUT2D eigenvalue weighted by molar-refractivity contribution is 0.0370. The minimum atomic E-state index is 0. The van der Waals surface area contributed by atoms with E-state index in [9.17, 15) is 0 Å². The Hall–Kier alpha value is -0.120. The molecule has 1 atom stereocenters. The van der Waals surface area contributed by atoms with Crippen LogP contribution < -0.4 is 0 Å². The summed E-state index contributed by atoms with van der Waals surface area (Å²) in [5.41, 5.74) is 0. The molecule has 0 bridgehead atoms. The van der Waals surface area contributed by atoms with Gasteiger partial charge in [0.25, 0.3) is 0 Å². The van der Waals surface area contributed by atoms with Gasteiger partial charge < -0.3 is 9.84 Å². The van der Waals surface area contributed by atoms with Gasteiger partial charge in [-0.05, 0) is 25.3 Å². The molecule has 3 heteroatoms. The van der Waals surface area contributed by atoms with Gasteiger partial charge in [0.1, 0.15) is 0 Å². The average Bonchev–Trinajstić information content (AvgIpc) is 2.26. The molecule has 0 saturated carbocycles. The van der Waals surface area contributed by atoms with E-state index in [0.717, 1.165) is 32.7 Å². The molecule has 1 N–H and O–H groups in total. The highest BCUT2D eigenvalue weighted by molar-refractivity contribution is 4.62. The summed E-state index contributed by atoms with van der Waals surface area (Å²) in [6.45, 7) is 7.80. The fourth-order valence-electron chi connectivity index (χ4n) is 2.02. The number of aliphatic hydroxyl groups is 1. The van der Waals surface area contributed by atoms with Crippen LogP contribution in [0.1, 0.15) is 40.0 Å². The van der Waals surface area contributed by atoms with Crippen LogP contribution in [0.4, 0.5) is 0 Å². The summed E-state index contributed by atoms with van der Waals surface area (Å²) in [5.74, 6) is 0.680. The first kappa shape index (κ1) is 15.9. The fourth-order valence-corrected chi connectivity index (χ4v) is 2.02. The third-order valence-electron chi connectivity index (χ3n) is 3.15. The molecule has 0 aromatic carbocycles. The summed E-state index contributed by atoms with van der Waals surface area (Å²) in [7, 11) is 0. The van der Waals surface area contributed by atoms with Crippen molar-refractivity contribution in [3.8, 4) is 0 Å².